The van der Waals surface area contributed by atoms with E-state index in [4.69, 9.17) is 13.3 Å². The van der Waals surface area contributed by atoms with Crippen molar-refractivity contribution in [3.8, 4) is 33.4 Å². The number of para-hydroxylation sites is 5. The van der Waals surface area contributed by atoms with Crippen molar-refractivity contribution in [2.24, 2.45) is 0 Å². The first-order valence-electron chi connectivity index (χ1n) is 19.6. The molecule has 0 aliphatic carbocycles. The molecule has 0 saturated carbocycles. The molecule has 58 heavy (non-hydrogen) atoms. The zero-order valence-electron chi connectivity index (χ0n) is 31.2. The van der Waals surface area contributed by atoms with Gasteiger partial charge in [0.25, 0.3) is 0 Å². The van der Waals surface area contributed by atoms with Crippen LogP contribution in [0.25, 0.3) is 99.2 Å². The molecule has 3 heterocycles. The van der Waals surface area contributed by atoms with Crippen LogP contribution in [0.4, 0.5) is 17.1 Å². The van der Waals surface area contributed by atoms with Crippen molar-refractivity contribution in [2.75, 3.05) is 4.90 Å². The third kappa shape index (κ3) is 5.02. The number of benzene rings is 9. The van der Waals surface area contributed by atoms with Crippen molar-refractivity contribution in [3.63, 3.8) is 0 Å². The third-order valence-electron chi connectivity index (χ3n) is 11.5. The molecule has 0 saturated heterocycles. The molecular formula is C54H33NO3. The van der Waals surface area contributed by atoms with E-state index < -0.39 is 0 Å². The Balaban J connectivity index is 1.06. The van der Waals surface area contributed by atoms with E-state index in [1.807, 2.05) is 36.4 Å². The van der Waals surface area contributed by atoms with Gasteiger partial charge in [0.2, 0.25) is 0 Å². The van der Waals surface area contributed by atoms with Gasteiger partial charge in [-0.1, -0.05) is 152 Å². The Morgan fingerprint density at radius 3 is 1.16 bits per heavy atom. The summed E-state index contributed by atoms with van der Waals surface area (Å²) in [5.74, 6) is 0. The lowest BCUT2D eigenvalue weighted by Gasteiger charge is -2.28. The Morgan fingerprint density at radius 1 is 0.259 bits per heavy atom. The average molecular weight is 744 g/mol. The molecule has 0 spiro atoms. The van der Waals surface area contributed by atoms with E-state index in [1.165, 1.54) is 0 Å². The third-order valence-corrected chi connectivity index (χ3v) is 11.5. The molecule has 0 N–H and O–H groups in total. The Bertz CT molecular complexity index is 3340. The van der Waals surface area contributed by atoms with Crippen LogP contribution in [0.1, 0.15) is 0 Å². The molecule has 3 aromatic heterocycles. The summed E-state index contributed by atoms with van der Waals surface area (Å²) in [4.78, 5) is 2.34. The van der Waals surface area contributed by atoms with E-state index >= 15 is 0 Å². The van der Waals surface area contributed by atoms with Crippen LogP contribution in [0.2, 0.25) is 0 Å². The minimum atomic E-state index is 0.829. The number of anilines is 3. The van der Waals surface area contributed by atoms with Gasteiger partial charge >= 0.3 is 0 Å². The molecular weight excluding hydrogens is 711 g/mol. The minimum Gasteiger partial charge on any atom is -0.455 e. The predicted octanol–water partition coefficient (Wildman–Crippen LogP) is 15.9. The molecule has 272 valence electrons. The fourth-order valence-corrected chi connectivity index (χ4v) is 8.78. The second-order valence-electron chi connectivity index (χ2n) is 14.8. The fourth-order valence-electron chi connectivity index (χ4n) is 8.78. The number of nitrogens with zero attached hydrogens (tertiary/aromatic N) is 1. The minimum absolute atomic E-state index is 0.829. The summed E-state index contributed by atoms with van der Waals surface area (Å²) in [7, 11) is 0. The maximum absolute atomic E-state index is 6.84. The molecule has 12 rings (SSSR count). The fraction of sp³-hybridized carbons (Fsp3) is 0. The van der Waals surface area contributed by atoms with E-state index in [0.29, 0.717) is 0 Å². The summed E-state index contributed by atoms with van der Waals surface area (Å²) in [6.45, 7) is 0. The molecule has 0 amide bonds. The Hall–Kier alpha value is -7.82. The van der Waals surface area contributed by atoms with E-state index in [0.717, 1.165) is 116 Å². The molecule has 9 aromatic carbocycles. The van der Waals surface area contributed by atoms with Crippen LogP contribution in [-0.2, 0) is 0 Å². The van der Waals surface area contributed by atoms with Crippen LogP contribution in [0, 0.1) is 0 Å². The molecule has 4 heteroatoms. The van der Waals surface area contributed by atoms with Crippen molar-refractivity contribution < 1.29 is 13.3 Å². The van der Waals surface area contributed by atoms with Gasteiger partial charge in [-0.3, -0.25) is 0 Å². The first-order chi connectivity index (χ1) is 28.8. The molecule has 0 bridgehead atoms. The highest BCUT2D eigenvalue weighted by Crippen LogP contribution is 2.48. The molecule has 0 atom stereocenters. The molecule has 0 aliphatic heterocycles. The summed E-state index contributed by atoms with van der Waals surface area (Å²) < 4.78 is 19.8. The van der Waals surface area contributed by atoms with E-state index in [-0.39, 0.29) is 0 Å². The lowest BCUT2D eigenvalue weighted by molar-refractivity contribution is 0.669. The topological polar surface area (TPSA) is 42.7 Å². The smallest absolute Gasteiger partial charge is 0.160 e. The molecule has 12 aromatic rings. The van der Waals surface area contributed by atoms with Crippen LogP contribution in [0.15, 0.2) is 213 Å². The summed E-state index contributed by atoms with van der Waals surface area (Å²) in [5.41, 5.74) is 14.6. The van der Waals surface area contributed by atoms with Gasteiger partial charge in [0.05, 0.1) is 5.69 Å². The van der Waals surface area contributed by atoms with Gasteiger partial charge < -0.3 is 18.2 Å². The van der Waals surface area contributed by atoms with Crippen molar-refractivity contribution in [1.82, 2.24) is 0 Å². The number of hydrogen-bond donors (Lipinski definition) is 0. The standard InChI is InChI=1S/C54H33NO3/c1-2-12-34(13-3-1)39-32-33-47-44-16-6-9-23-50(44)58-54(47)51(39)55(37-28-24-35(25-29-37)40-17-10-19-45-42-14-4-7-21-48(42)56-52(40)45)38-30-26-36(27-31-38)41-18-11-20-46-43-15-5-8-22-49(43)57-53(41)46/h1-33H. The first kappa shape index (κ1) is 32.4. The number of rotatable bonds is 6. The zero-order valence-corrected chi connectivity index (χ0v) is 31.2. The second-order valence-corrected chi connectivity index (χ2v) is 14.8. The van der Waals surface area contributed by atoms with Gasteiger partial charge in [-0.15, -0.1) is 0 Å². The molecule has 0 fully saturated rings. The van der Waals surface area contributed by atoms with Crippen molar-refractivity contribution >= 4 is 82.9 Å². The summed E-state index contributed by atoms with van der Waals surface area (Å²) >= 11 is 0. The second kappa shape index (κ2) is 12.9. The van der Waals surface area contributed by atoms with Crippen molar-refractivity contribution in [3.05, 3.63) is 200 Å². The molecule has 0 radical (unpaired) electrons. The van der Waals surface area contributed by atoms with Crippen LogP contribution >= 0.6 is 0 Å². The van der Waals surface area contributed by atoms with Crippen LogP contribution in [-0.4, -0.2) is 0 Å². The lowest BCUT2D eigenvalue weighted by atomic mass is 9.98. The van der Waals surface area contributed by atoms with Gasteiger partial charge in [-0.05, 0) is 65.2 Å². The normalized spacial score (nSPS) is 11.8. The van der Waals surface area contributed by atoms with Gasteiger partial charge in [0.1, 0.15) is 27.9 Å². The van der Waals surface area contributed by atoms with Gasteiger partial charge in [-0.25, -0.2) is 0 Å². The van der Waals surface area contributed by atoms with Crippen molar-refractivity contribution in [2.45, 2.75) is 0 Å². The summed E-state index contributed by atoms with van der Waals surface area (Å²) in [6, 6.07) is 70.1. The summed E-state index contributed by atoms with van der Waals surface area (Å²) in [5, 5.41) is 6.62. The zero-order chi connectivity index (χ0) is 38.2. The van der Waals surface area contributed by atoms with Crippen LogP contribution in [0.3, 0.4) is 0 Å². The van der Waals surface area contributed by atoms with Gasteiger partial charge in [0, 0.05) is 60.4 Å². The maximum Gasteiger partial charge on any atom is 0.160 e. The van der Waals surface area contributed by atoms with E-state index in [1.54, 1.807) is 0 Å². The highest BCUT2D eigenvalue weighted by Gasteiger charge is 2.25. The molecule has 0 unspecified atom stereocenters. The highest BCUT2D eigenvalue weighted by atomic mass is 16.3. The van der Waals surface area contributed by atoms with Gasteiger partial charge in [-0.2, -0.15) is 0 Å². The average Bonchev–Trinajstić information content (AvgIpc) is 3.99. The van der Waals surface area contributed by atoms with E-state index in [2.05, 4.69) is 169 Å². The van der Waals surface area contributed by atoms with Crippen molar-refractivity contribution in [1.29, 1.82) is 0 Å². The number of fused-ring (bicyclic) bond motifs is 9. The maximum atomic E-state index is 6.84. The Kier molecular flexibility index (Phi) is 7.20. The molecule has 4 nitrogen and oxygen atoms in total. The SMILES string of the molecule is c1ccc(-c2ccc3c(oc4ccccc43)c2N(c2ccc(-c3cccc4c3oc3ccccc34)cc2)c2ccc(-c3cccc4c3oc3ccccc34)cc2)cc1. The Labute approximate surface area is 333 Å². The highest BCUT2D eigenvalue weighted by molar-refractivity contribution is 6.14. The van der Waals surface area contributed by atoms with Gasteiger partial charge in [0.15, 0.2) is 5.58 Å². The predicted molar refractivity (Wildman–Crippen MR) is 239 cm³/mol. The first-order valence-corrected chi connectivity index (χ1v) is 19.6. The lowest BCUT2D eigenvalue weighted by Crippen LogP contribution is -2.11. The number of furan rings is 3. The van der Waals surface area contributed by atoms with Crippen LogP contribution in [0.5, 0.6) is 0 Å². The summed E-state index contributed by atoms with van der Waals surface area (Å²) in [6.07, 6.45) is 0. The quantitative estimate of drug-likeness (QED) is 0.170. The largest absolute Gasteiger partial charge is 0.455 e. The van der Waals surface area contributed by atoms with E-state index in [9.17, 15) is 0 Å². The number of hydrogen-bond acceptors (Lipinski definition) is 4. The monoisotopic (exact) mass is 743 g/mol. The molecule has 0 aliphatic rings. The van der Waals surface area contributed by atoms with Crippen LogP contribution < -0.4 is 4.90 Å². The Morgan fingerprint density at radius 2 is 0.655 bits per heavy atom.